The molecule has 1 heterocycles. The van der Waals surface area contributed by atoms with Crippen LogP contribution in [0.2, 0.25) is 0 Å². The number of amides is 1. The van der Waals surface area contributed by atoms with Crippen LogP contribution in [0.25, 0.3) is 0 Å². The van der Waals surface area contributed by atoms with Gasteiger partial charge in [-0.25, -0.2) is 0 Å². The van der Waals surface area contributed by atoms with Crippen molar-refractivity contribution in [1.82, 2.24) is 15.5 Å². The summed E-state index contributed by atoms with van der Waals surface area (Å²) in [7, 11) is 1.63. The quantitative estimate of drug-likeness (QED) is 0.559. The highest BCUT2D eigenvalue weighted by molar-refractivity contribution is 7.11. The first-order valence-corrected chi connectivity index (χ1v) is 9.14. The largest absolute Gasteiger partial charge is 0.377 e. The molecule has 0 aliphatic carbocycles. The van der Waals surface area contributed by atoms with Gasteiger partial charge in [0.05, 0.1) is 13.2 Å². The third-order valence-electron chi connectivity index (χ3n) is 3.47. The minimum Gasteiger partial charge on any atom is -0.377 e. The van der Waals surface area contributed by atoms with E-state index in [0.29, 0.717) is 19.6 Å². The fraction of sp³-hybridized carbons (Fsp3) is 0.812. The van der Waals surface area contributed by atoms with Crippen molar-refractivity contribution >= 4 is 17.2 Å². The number of nitrogens with one attached hydrogen (secondary N) is 1. The number of carbonyl (C=O) groups excluding carboxylic acids is 1. The molecular formula is C16H29N3O2S. The molecule has 0 atom stereocenters. The molecule has 0 radical (unpaired) electrons. The monoisotopic (exact) mass is 327 g/mol. The van der Waals surface area contributed by atoms with Crippen LogP contribution in [0.4, 0.5) is 0 Å². The molecule has 1 N–H and O–H groups in total. The molecule has 0 saturated heterocycles. The zero-order chi connectivity index (χ0) is 16.0. The van der Waals surface area contributed by atoms with E-state index < -0.39 is 0 Å². The Morgan fingerprint density at radius 2 is 1.68 bits per heavy atom. The number of hydrogen-bond donors (Lipinski definition) is 1. The molecule has 0 spiro atoms. The number of nitrogens with zero attached hydrogens (tertiary/aromatic N) is 2. The van der Waals surface area contributed by atoms with Crippen LogP contribution >= 0.6 is 11.3 Å². The molecule has 1 amide bonds. The lowest BCUT2D eigenvalue weighted by molar-refractivity contribution is -0.121. The van der Waals surface area contributed by atoms with Crippen molar-refractivity contribution in [2.24, 2.45) is 0 Å². The molecular weight excluding hydrogens is 298 g/mol. The highest BCUT2D eigenvalue weighted by Crippen LogP contribution is 2.11. The normalized spacial score (nSPS) is 10.8. The van der Waals surface area contributed by atoms with E-state index in [4.69, 9.17) is 4.74 Å². The van der Waals surface area contributed by atoms with Gasteiger partial charge in [-0.15, -0.1) is 10.2 Å². The van der Waals surface area contributed by atoms with E-state index in [0.717, 1.165) is 22.9 Å². The zero-order valence-corrected chi connectivity index (χ0v) is 14.7. The molecule has 0 saturated carbocycles. The molecule has 0 fully saturated rings. The average Bonchev–Trinajstić information content (AvgIpc) is 2.96. The Morgan fingerprint density at radius 1 is 1.05 bits per heavy atom. The Morgan fingerprint density at radius 3 is 2.36 bits per heavy atom. The van der Waals surface area contributed by atoms with Crippen molar-refractivity contribution < 1.29 is 9.53 Å². The van der Waals surface area contributed by atoms with Gasteiger partial charge in [-0.05, 0) is 6.42 Å². The van der Waals surface area contributed by atoms with Crippen LogP contribution in [0.15, 0.2) is 0 Å². The number of ether oxygens (including phenoxy) is 1. The number of carbonyl (C=O) groups is 1. The second kappa shape index (κ2) is 12.5. The number of hydrogen-bond acceptors (Lipinski definition) is 5. The third-order valence-corrected chi connectivity index (χ3v) is 4.37. The van der Waals surface area contributed by atoms with E-state index in [-0.39, 0.29) is 5.91 Å². The number of rotatable bonds is 13. The Bertz CT molecular complexity index is 410. The number of aromatic nitrogens is 2. The van der Waals surface area contributed by atoms with Gasteiger partial charge < -0.3 is 10.1 Å². The topological polar surface area (TPSA) is 64.1 Å². The summed E-state index contributed by atoms with van der Waals surface area (Å²) in [6, 6.07) is 0. The Labute approximate surface area is 137 Å². The minimum absolute atomic E-state index is 0.106. The first-order valence-electron chi connectivity index (χ1n) is 8.33. The molecule has 1 aromatic rings. The van der Waals surface area contributed by atoms with E-state index in [2.05, 4.69) is 22.4 Å². The molecule has 1 aromatic heterocycles. The lowest BCUT2D eigenvalue weighted by Crippen LogP contribution is -2.22. The molecule has 6 heteroatoms. The van der Waals surface area contributed by atoms with Gasteiger partial charge in [0.1, 0.15) is 10.0 Å². The third kappa shape index (κ3) is 9.10. The van der Waals surface area contributed by atoms with Crippen LogP contribution in [-0.4, -0.2) is 23.2 Å². The predicted molar refractivity (Wildman–Crippen MR) is 89.7 cm³/mol. The Kier molecular flexibility index (Phi) is 10.8. The Hall–Kier alpha value is -1.01. The van der Waals surface area contributed by atoms with Crippen molar-refractivity contribution in [2.75, 3.05) is 7.11 Å². The highest BCUT2D eigenvalue weighted by Gasteiger charge is 2.06. The van der Waals surface area contributed by atoms with Gasteiger partial charge in [-0.3, -0.25) is 4.79 Å². The van der Waals surface area contributed by atoms with Crippen LogP contribution < -0.4 is 5.32 Å². The molecule has 0 unspecified atom stereocenters. The number of methoxy groups -OCH3 is 1. The van der Waals surface area contributed by atoms with E-state index in [1.165, 1.54) is 49.9 Å². The first-order chi connectivity index (χ1) is 10.8. The lowest BCUT2D eigenvalue weighted by atomic mass is 10.1. The molecule has 0 bridgehead atoms. The van der Waals surface area contributed by atoms with E-state index in [9.17, 15) is 4.79 Å². The fourth-order valence-electron chi connectivity index (χ4n) is 2.22. The summed E-state index contributed by atoms with van der Waals surface area (Å²) in [6.07, 6.45) is 10.6. The van der Waals surface area contributed by atoms with E-state index in [1.54, 1.807) is 7.11 Å². The second-order valence-corrected chi connectivity index (χ2v) is 6.67. The minimum atomic E-state index is 0.106. The summed E-state index contributed by atoms with van der Waals surface area (Å²) in [4.78, 5) is 11.7. The van der Waals surface area contributed by atoms with Gasteiger partial charge in [0.2, 0.25) is 5.91 Å². The van der Waals surface area contributed by atoms with Gasteiger partial charge in [0.15, 0.2) is 0 Å². The number of unbranched alkanes of at least 4 members (excludes halogenated alkanes) is 7. The van der Waals surface area contributed by atoms with Crippen LogP contribution in [0.3, 0.4) is 0 Å². The summed E-state index contributed by atoms with van der Waals surface area (Å²) in [5, 5.41) is 12.6. The van der Waals surface area contributed by atoms with Gasteiger partial charge in [0, 0.05) is 13.5 Å². The van der Waals surface area contributed by atoms with Gasteiger partial charge in [-0.1, -0.05) is 63.2 Å². The molecule has 126 valence electrons. The lowest BCUT2D eigenvalue weighted by Gasteiger charge is -2.03. The summed E-state index contributed by atoms with van der Waals surface area (Å²) in [5.41, 5.74) is 0. The molecule has 5 nitrogen and oxygen atoms in total. The van der Waals surface area contributed by atoms with Crippen molar-refractivity contribution in [3.05, 3.63) is 10.0 Å². The maximum absolute atomic E-state index is 11.7. The smallest absolute Gasteiger partial charge is 0.220 e. The highest BCUT2D eigenvalue weighted by atomic mass is 32.1. The van der Waals surface area contributed by atoms with Gasteiger partial charge >= 0.3 is 0 Å². The summed E-state index contributed by atoms with van der Waals surface area (Å²) in [6.45, 7) is 3.18. The van der Waals surface area contributed by atoms with Crippen LogP contribution in [0, 0.1) is 0 Å². The van der Waals surface area contributed by atoms with Gasteiger partial charge in [-0.2, -0.15) is 0 Å². The predicted octanol–water partition coefficient (Wildman–Crippen LogP) is 3.83. The molecule has 1 rings (SSSR count). The van der Waals surface area contributed by atoms with Crippen LogP contribution in [-0.2, 0) is 22.7 Å². The average molecular weight is 327 g/mol. The maximum atomic E-state index is 11.7. The van der Waals surface area contributed by atoms with Crippen molar-refractivity contribution in [3.8, 4) is 0 Å². The van der Waals surface area contributed by atoms with E-state index >= 15 is 0 Å². The van der Waals surface area contributed by atoms with E-state index in [1.807, 2.05) is 0 Å². The summed E-state index contributed by atoms with van der Waals surface area (Å²) in [5.74, 6) is 0.106. The fourth-order valence-corrected chi connectivity index (χ4v) is 2.98. The zero-order valence-electron chi connectivity index (χ0n) is 13.9. The van der Waals surface area contributed by atoms with Crippen LogP contribution in [0.1, 0.15) is 74.7 Å². The SMILES string of the molecule is CCCCCCCCCCC(=O)NCc1nnc(COC)s1. The molecule has 0 aromatic carbocycles. The molecule has 0 aliphatic heterocycles. The standard InChI is InChI=1S/C16H29N3O2S/c1-3-4-5-6-7-8-9-10-11-14(20)17-12-15-18-19-16(22-15)13-21-2/h3-13H2,1-2H3,(H,17,20). The molecule has 0 aliphatic rings. The van der Waals surface area contributed by atoms with Gasteiger partial charge in [0.25, 0.3) is 0 Å². The Balaban J connectivity index is 1.99. The van der Waals surface area contributed by atoms with Crippen molar-refractivity contribution in [1.29, 1.82) is 0 Å². The van der Waals surface area contributed by atoms with Crippen LogP contribution in [0.5, 0.6) is 0 Å². The first kappa shape index (κ1) is 19.0. The summed E-state index contributed by atoms with van der Waals surface area (Å²) >= 11 is 1.48. The van der Waals surface area contributed by atoms with Crippen molar-refractivity contribution in [3.63, 3.8) is 0 Å². The molecule has 22 heavy (non-hydrogen) atoms. The maximum Gasteiger partial charge on any atom is 0.220 e. The summed E-state index contributed by atoms with van der Waals surface area (Å²) < 4.78 is 4.99. The second-order valence-electron chi connectivity index (χ2n) is 5.52. The van der Waals surface area contributed by atoms with Crippen molar-refractivity contribution in [2.45, 2.75) is 77.9 Å².